The van der Waals surface area contributed by atoms with E-state index in [0.29, 0.717) is 47.3 Å². The van der Waals surface area contributed by atoms with Crippen molar-refractivity contribution in [3.8, 4) is 11.3 Å². The van der Waals surface area contributed by atoms with Gasteiger partial charge in [-0.1, -0.05) is 23.7 Å². The molecule has 0 bridgehead atoms. The van der Waals surface area contributed by atoms with Gasteiger partial charge >= 0.3 is 6.03 Å². The molecule has 1 atom stereocenters. The Morgan fingerprint density at radius 2 is 1.76 bits per heavy atom. The summed E-state index contributed by atoms with van der Waals surface area (Å²) in [4.78, 5) is 64.8. The number of hydrogen-bond donors (Lipinski definition) is 3. The molecule has 0 radical (unpaired) electrons. The fourth-order valence-electron chi connectivity index (χ4n) is 9.45. The molecular formula is C46H49ClF3N11O5. The van der Waals surface area contributed by atoms with Gasteiger partial charge in [0.15, 0.2) is 11.5 Å². The van der Waals surface area contributed by atoms with Gasteiger partial charge in [-0.15, -0.1) is 5.10 Å². The molecule has 4 fully saturated rings. The number of halogens is 4. The smallest absolute Gasteiger partial charge is 0.328 e. The molecular weight excluding hydrogens is 879 g/mol. The summed E-state index contributed by atoms with van der Waals surface area (Å²) < 4.78 is 54.6. The summed E-state index contributed by atoms with van der Waals surface area (Å²) in [6.07, 6.45) is 8.21. The van der Waals surface area contributed by atoms with E-state index in [1.165, 1.54) is 59.1 Å². The topological polar surface area (TPSA) is 184 Å². The van der Waals surface area contributed by atoms with E-state index >= 15 is 13.2 Å². The number of methoxy groups -OCH3 is 1. The van der Waals surface area contributed by atoms with Crippen molar-refractivity contribution >= 4 is 63.9 Å². The van der Waals surface area contributed by atoms with Gasteiger partial charge in [0.25, 0.3) is 17.7 Å². The number of carbonyl (C=O) groups excluding carboxylic acids is 4. The minimum absolute atomic E-state index is 0.0501. The highest BCUT2D eigenvalue weighted by atomic mass is 35.5. The summed E-state index contributed by atoms with van der Waals surface area (Å²) in [6.45, 7) is 1.84. The molecule has 20 heteroatoms. The second-order valence-corrected chi connectivity index (χ2v) is 17.9. The van der Waals surface area contributed by atoms with Gasteiger partial charge in [0.05, 0.1) is 40.7 Å². The van der Waals surface area contributed by atoms with Crippen LogP contribution in [0.3, 0.4) is 0 Å². The maximum absolute atomic E-state index is 16.1. The van der Waals surface area contributed by atoms with Crippen molar-refractivity contribution < 1.29 is 37.1 Å². The van der Waals surface area contributed by atoms with E-state index in [1.54, 1.807) is 20.4 Å². The van der Waals surface area contributed by atoms with Crippen LogP contribution in [0.1, 0.15) is 77.0 Å². The third-order valence-corrected chi connectivity index (χ3v) is 14.0. The number of fused-ring (bicyclic) bond motifs is 2. The molecule has 4 N–H and O–H groups in total. The highest BCUT2D eigenvalue weighted by Crippen LogP contribution is 2.52. The van der Waals surface area contributed by atoms with Crippen LogP contribution in [-0.2, 0) is 16.0 Å². The molecule has 5 aromatic rings. The zero-order valence-electron chi connectivity index (χ0n) is 36.6. The minimum Gasteiger partial charge on any atom is -0.385 e. The molecule has 3 saturated heterocycles. The number of ether oxygens (including phenoxy) is 1. The van der Waals surface area contributed by atoms with Crippen molar-refractivity contribution in [1.29, 1.82) is 0 Å². The highest BCUT2D eigenvalue weighted by molar-refractivity contribution is 6.34. The number of urea groups is 1. The Hall–Kier alpha value is -6.31. The largest absolute Gasteiger partial charge is 0.385 e. The molecule has 3 aromatic heterocycles. The van der Waals surface area contributed by atoms with Crippen LogP contribution in [-0.4, -0.2) is 119 Å². The van der Waals surface area contributed by atoms with E-state index in [4.69, 9.17) is 22.1 Å². The van der Waals surface area contributed by atoms with E-state index in [9.17, 15) is 19.2 Å². The number of nitrogens with zero attached hydrogens (tertiary/aromatic N) is 8. The monoisotopic (exact) mass is 927 g/mol. The molecule has 66 heavy (non-hydrogen) atoms. The minimum atomic E-state index is -3.22. The predicted octanol–water partition coefficient (Wildman–Crippen LogP) is 6.59. The SMILES string of the molecule is CNc1cc(N2CCc3c(-c4ncc(C(C)N5CC6(CCN(C(=O)c7ccc(Cl)c(N8CCC(=O)NC8=O)c7)CC6(F)F)C5)cc4F)cccc32)nn2c(C(N)=O)cnc12.COC1CCC1. The quantitative estimate of drug-likeness (QED) is 0.145. The number of imide groups is 1. The number of hydrogen-bond acceptors (Lipinski definition) is 11. The highest BCUT2D eigenvalue weighted by Gasteiger charge is 2.63. The summed E-state index contributed by atoms with van der Waals surface area (Å²) >= 11 is 6.33. The Morgan fingerprint density at radius 1 is 0.985 bits per heavy atom. The average Bonchev–Trinajstić information content (AvgIpc) is 3.90. The predicted molar refractivity (Wildman–Crippen MR) is 241 cm³/mol. The Kier molecular flexibility index (Phi) is 11.9. The van der Waals surface area contributed by atoms with Gasteiger partial charge in [0.1, 0.15) is 17.2 Å². The lowest BCUT2D eigenvalue weighted by Crippen LogP contribution is -2.70. The normalized spacial score (nSPS) is 19.4. The average molecular weight is 928 g/mol. The number of piperidine rings is 1. The molecule has 5 amide bonds. The fourth-order valence-corrected chi connectivity index (χ4v) is 9.67. The van der Waals surface area contributed by atoms with Crippen molar-refractivity contribution in [2.45, 2.75) is 63.5 Å². The van der Waals surface area contributed by atoms with Crippen molar-refractivity contribution in [3.05, 3.63) is 94.1 Å². The number of rotatable bonds is 9. The second kappa shape index (κ2) is 17.5. The number of likely N-dealkylation sites (tertiary alicyclic amines) is 2. The van der Waals surface area contributed by atoms with E-state index in [1.807, 2.05) is 41.0 Å². The maximum Gasteiger partial charge on any atom is 0.328 e. The third-order valence-electron chi connectivity index (χ3n) is 13.7. The first-order valence-corrected chi connectivity index (χ1v) is 22.3. The molecule has 2 aromatic carbocycles. The van der Waals surface area contributed by atoms with Crippen LogP contribution in [0.15, 0.2) is 60.9 Å². The van der Waals surface area contributed by atoms with Crippen molar-refractivity contribution in [2.75, 3.05) is 68.5 Å². The van der Waals surface area contributed by atoms with Gasteiger partial charge < -0.3 is 25.6 Å². The fraction of sp³-hybridized carbons (Fsp3) is 0.413. The summed E-state index contributed by atoms with van der Waals surface area (Å²) in [6, 6.07) is 11.9. The number of carbonyl (C=O) groups is 4. The summed E-state index contributed by atoms with van der Waals surface area (Å²) in [7, 11) is 3.52. The second-order valence-electron chi connectivity index (χ2n) is 17.5. The number of imidazole rings is 1. The number of primary amides is 1. The zero-order valence-corrected chi connectivity index (χ0v) is 37.4. The number of aromatic nitrogens is 4. The van der Waals surface area contributed by atoms with Crippen molar-refractivity contribution in [2.24, 2.45) is 11.1 Å². The van der Waals surface area contributed by atoms with Gasteiger partial charge in [-0.25, -0.2) is 27.5 Å². The van der Waals surface area contributed by atoms with Crippen LogP contribution in [0.4, 0.5) is 40.8 Å². The molecule has 1 aliphatic carbocycles. The molecule has 16 nitrogen and oxygen atoms in total. The molecule has 346 valence electrons. The first-order chi connectivity index (χ1) is 31.6. The van der Waals surface area contributed by atoms with Crippen molar-refractivity contribution in [1.82, 2.24) is 34.7 Å². The Morgan fingerprint density at radius 3 is 2.41 bits per heavy atom. The summed E-state index contributed by atoms with van der Waals surface area (Å²) in [5.74, 6) is -4.93. The number of anilines is 4. The standard InChI is InChI=1S/C41H39ClF3N11O4.C5H10O/c1-22(53-19-40(20-53)10-13-52(21-41(40,44)45)38(59)23-6-7-27(42)31(15-23)55-12-9-34(57)50-39(55)60)24-14-28(43)35(48-17-24)26-4-3-5-30-25(26)8-11-54(30)33-16-29(47-2)37-49-18-32(36(46)58)56(37)51-33;1-6-5-3-2-4-5/h3-7,14-18,22,47H,8-13,19-21H2,1-2H3,(H2,46,58)(H,50,57,60);5H,2-4H2,1H3. The van der Waals surface area contributed by atoms with Gasteiger partial charge in [-0.3, -0.25) is 34.5 Å². The van der Waals surface area contributed by atoms with Gasteiger partial charge in [-0.05, 0) is 80.5 Å². The molecule has 7 heterocycles. The molecule has 4 aliphatic heterocycles. The lowest BCUT2D eigenvalue weighted by molar-refractivity contribution is -0.225. The Balaban J connectivity index is 0.000000846. The number of benzene rings is 2. The lowest BCUT2D eigenvalue weighted by Gasteiger charge is -2.59. The summed E-state index contributed by atoms with van der Waals surface area (Å²) in [5.41, 5.74) is 8.75. The van der Waals surface area contributed by atoms with Gasteiger partial charge in [-0.2, -0.15) is 0 Å². The third kappa shape index (κ3) is 7.95. The first-order valence-electron chi connectivity index (χ1n) is 21.9. The van der Waals surface area contributed by atoms with Crippen molar-refractivity contribution in [3.63, 3.8) is 0 Å². The number of nitrogens with one attached hydrogen (secondary N) is 2. The van der Waals surface area contributed by atoms with E-state index in [0.717, 1.165) is 16.2 Å². The van der Waals surface area contributed by atoms with Crippen LogP contribution in [0.5, 0.6) is 0 Å². The van der Waals surface area contributed by atoms with Crippen LogP contribution in [0.2, 0.25) is 5.02 Å². The number of pyridine rings is 1. The first kappa shape index (κ1) is 44.9. The van der Waals surface area contributed by atoms with Crippen LogP contribution in [0, 0.1) is 11.2 Å². The molecule has 1 unspecified atom stereocenters. The maximum atomic E-state index is 16.1. The van der Waals surface area contributed by atoms with E-state index in [-0.39, 0.29) is 66.7 Å². The van der Waals surface area contributed by atoms with E-state index in [2.05, 4.69) is 25.7 Å². The Bertz CT molecular complexity index is 2760. The zero-order chi connectivity index (χ0) is 46.7. The van der Waals surface area contributed by atoms with E-state index < -0.39 is 53.5 Å². The van der Waals surface area contributed by atoms with Gasteiger partial charge in [0.2, 0.25) is 5.91 Å². The number of amides is 5. The molecule has 1 saturated carbocycles. The molecule has 1 spiro atoms. The molecule has 10 rings (SSSR count). The summed E-state index contributed by atoms with van der Waals surface area (Å²) in [5, 5.41) is 10.1. The lowest BCUT2D eigenvalue weighted by atomic mass is 9.68. The number of nitrogens with two attached hydrogens (primary N) is 1. The van der Waals surface area contributed by atoms with Gasteiger partial charge in [0, 0.05) is 88.4 Å². The molecule has 5 aliphatic rings. The number of alkyl halides is 2. The Labute approximate surface area is 383 Å². The van der Waals surface area contributed by atoms with Crippen LogP contribution >= 0.6 is 11.6 Å². The van der Waals surface area contributed by atoms with Crippen LogP contribution < -0.4 is 26.2 Å². The van der Waals surface area contributed by atoms with Crippen LogP contribution in [0.25, 0.3) is 16.9 Å².